The smallest absolute Gasteiger partial charge is 0.417 e. The molecule has 1 aliphatic rings. The van der Waals surface area contributed by atoms with E-state index in [0.717, 1.165) is 12.1 Å². The standard InChI is InChI=1S/C18H12F3N3O3/c19-18(20,21)12-3-6-15(23-10-12)14(9-22)16(25)11-1-4-13(5-2-11)24-7-8-27-17(24)26/h1-6,10,14H,7-8H2/t14-/m0/s1. The molecule has 1 aliphatic heterocycles. The summed E-state index contributed by atoms with van der Waals surface area (Å²) in [7, 11) is 0. The van der Waals surface area contributed by atoms with E-state index in [-0.39, 0.29) is 17.9 Å². The Kier molecular flexibility index (Phi) is 4.81. The molecule has 1 aromatic carbocycles. The molecule has 3 rings (SSSR count). The minimum atomic E-state index is -4.55. The van der Waals surface area contributed by atoms with E-state index in [1.165, 1.54) is 29.2 Å². The van der Waals surface area contributed by atoms with Gasteiger partial charge in [-0.2, -0.15) is 18.4 Å². The highest BCUT2D eigenvalue weighted by Gasteiger charge is 2.32. The Bertz CT molecular complexity index is 903. The molecule has 1 saturated heterocycles. The van der Waals surface area contributed by atoms with Gasteiger partial charge in [-0.3, -0.25) is 14.7 Å². The maximum Gasteiger partial charge on any atom is 0.417 e. The second kappa shape index (κ2) is 7.07. The SMILES string of the molecule is N#C[C@H](C(=O)c1ccc(N2CCOC2=O)cc1)c1ccc(C(F)(F)F)cn1. The number of hydrogen-bond donors (Lipinski definition) is 0. The minimum absolute atomic E-state index is 0.0669. The van der Waals surface area contributed by atoms with Crippen molar-refractivity contribution in [2.45, 2.75) is 12.1 Å². The van der Waals surface area contributed by atoms with Crippen molar-refractivity contribution in [1.29, 1.82) is 5.26 Å². The zero-order valence-electron chi connectivity index (χ0n) is 13.7. The van der Waals surface area contributed by atoms with Gasteiger partial charge in [-0.05, 0) is 36.4 Å². The van der Waals surface area contributed by atoms with E-state index < -0.39 is 29.5 Å². The molecule has 0 aliphatic carbocycles. The van der Waals surface area contributed by atoms with Gasteiger partial charge in [0.25, 0.3) is 0 Å². The molecule has 9 heteroatoms. The summed E-state index contributed by atoms with van der Waals surface area (Å²) < 4.78 is 42.7. The fourth-order valence-electron chi connectivity index (χ4n) is 2.60. The first-order valence-electron chi connectivity index (χ1n) is 7.82. The molecular weight excluding hydrogens is 363 g/mol. The number of benzene rings is 1. The molecule has 0 N–H and O–H groups in total. The molecule has 0 spiro atoms. The number of aromatic nitrogens is 1. The molecule has 138 valence electrons. The highest BCUT2D eigenvalue weighted by atomic mass is 19.4. The summed E-state index contributed by atoms with van der Waals surface area (Å²) in [6.07, 6.45) is -4.45. The zero-order chi connectivity index (χ0) is 19.6. The third-order valence-electron chi connectivity index (χ3n) is 4.03. The normalized spacial score (nSPS) is 15.2. The van der Waals surface area contributed by atoms with Crippen LogP contribution in [-0.4, -0.2) is 30.0 Å². The van der Waals surface area contributed by atoms with Crippen LogP contribution in [0.1, 0.15) is 27.5 Å². The van der Waals surface area contributed by atoms with E-state index in [1.54, 1.807) is 6.07 Å². The maximum absolute atomic E-state index is 12.6. The van der Waals surface area contributed by atoms with Crippen LogP contribution in [0.4, 0.5) is 23.7 Å². The van der Waals surface area contributed by atoms with Gasteiger partial charge in [0.05, 0.1) is 23.9 Å². The van der Waals surface area contributed by atoms with E-state index in [2.05, 4.69) is 4.98 Å². The third kappa shape index (κ3) is 3.74. The van der Waals surface area contributed by atoms with Gasteiger partial charge >= 0.3 is 12.3 Å². The Hall–Kier alpha value is -3.41. The molecule has 6 nitrogen and oxygen atoms in total. The molecule has 0 radical (unpaired) electrons. The fourth-order valence-corrected chi connectivity index (χ4v) is 2.60. The fraction of sp³-hybridized carbons (Fsp3) is 0.222. The third-order valence-corrected chi connectivity index (χ3v) is 4.03. The first kappa shape index (κ1) is 18.4. The number of halogens is 3. The number of ether oxygens (including phenoxy) is 1. The lowest BCUT2D eigenvalue weighted by atomic mass is 9.95. The van der Waals surface area contributed by atoms with Gasteiger partial charge in [0, 0.05) is 17.4 Å². The van der Waals surface area contributed by atoms with Crippen LogP contribution in [0.2, 0.25) is 0 Å². The summed E-state index contributed by atoms with van der Waals surface area (Å²) >= 11 is 0. The zero-order valence-corrected chi connectivity index (χ0v) is 13.7. The lowest BCUT2D eigenvalue weighted by Gasteiger charge is -2.14. The van der Waals surface area contributed by atoms with E-state index in [9.17, 15) is 28.0 Å². The van der Waals surface area contributed by atoms with Crippen LogP contribution in [0.5, 0.6) is 0 Å². The van der Waals surface area contributed by atoms with Gasteiger partial charge in [-0.1, -0.05) is 0 Å². The topological polar surface area (TPSA) is 83.3 Å². The summed E-state index contributed by atoms with van der Waals surface area (Å²) in [5.41, 5.74) is -0.310. The van der Waals surface area contributed by atoms with E-state index >= 15 is 0 Å². The van der Waals surface area contributed by atoms with Crippen molar-refractivity contribution in [3.05, 3.63) is 59.4 Å². The van der Waals surface area contributed by atoms with Crippen molar-refractivity contribution in [2.24, 2.45) is 0 Å². The number of nitrogens with zero attached hydrogens (tertiary/aromatic N) is 3. The van der Waals surface area contributed by atoms with Crippen LogP contribution >= 0.6 is 0 Å². The van der Waals surface area contributed by atoms with Crippen molar-refractivity contribution in [3.63, 3.8) is 0 Å². The van der Waals surface area contributed by atoms with Crippen LogP contribution in [0.3, 0.4) is 0 Å². The molecule has 1 aromatic heterocycles. The first-order chi connectivity index (χ1) is 12.8. The molecule has 0 bridgehead atoms. The summed E-state index contributed by atoms with van der Waals surface area (Å²) in [6.45, 7) is 0.665. The summed E-state index contributed by atoms with van der Waals surface area (Å²) in [4.78, 5) is 29.1. The average molecular weight is 375 g/mol. The van der Waals surface area contributed by atoms with Crippen LogP contribution in [0.15, 0.2) is 42.6 Å². The summed E-state index contributed by atoms with van der Waals surface area (Å²) in [5, 5.41) is 9.30. The van der Waals surface area contributed by atoms with E-state index in [1.807, 2.05) is 0 Å². The van der Waals surface area contributed by atoms with Gasteiger partial charge in [-0.15, -0.1) is 0 Å². The molecule has 27 heavy (non-hydrogen) atoms. The van der Waals surface area contributed by atoms with E-state index in [4.69, 9.17) is 4.74 Å². The molecule has 2 aromatic rings. The Balaban J connectivity index is 1.81. The van der Waals surface area contributed by atoms with Crippen molar-refractivity contribution < 1.29 is 27.5 Å². The quantitative estimate of drug-likeness (QED) is 0.763. The second-order valence-electron chi connectivity index (χ2n) is 5.71. The molecule has 1 amide bonds. The van der Waals surface area contributed by atoms with Gasteiger partial charge in [0.15, 0.2) is 11.7 Å². The predicted molar refractivity (Wildman–Crippen MR) is 87.1 cm³/mol. The van der Waals surface area contributed by atoms with Crippen molar-refractivity contribution in [3.8, 4) is 6.07 Å². The number of pyridine rings is 1. The Labute approximate surface area is 151 Å². The predicted octanol–water partition coefficient (Wildman–Crippen LogP) is 3.55. The first-order valence-corrected chi connectivity index (χ1v) is 7.82. The largest absolute Gasteiger partial charge is 0.447 e. The highest BCUT2D eigenvalue weighted by Crippen LogP contribution is 2.30. The number of hydrogen-bond acceptors (Lipinski definition) is 5. The molecule has 2 heterocycles. The Morgan fingerprint density at radius 3 is 2.41 bits per heavy atom. The summed E-state index contributed by atoms with van der Waals surface area (Å²) in [5.74, 6) is -1.94. The second-order valence-corrected chi connectivity index (χ2v) is 5.71. The van der Waals surface area contributed by atoms with Crippen LogP contribution < -0.4 is 4.90 Å². The minimum Gasteiger partial charge on any atom is -0.447 e. The molecule has 1 atom stereocenters. The molecule has 0 saturated carbocycles. The number of cyclic esters (lactones) is 1. The van der Waals surface area contributed by atoms with Gasteiger partial charge < -0.3 is 4.74 Å². The van der Waals surface area contributed by atoms with Crippen LogP contribution in [-0.2, 0) is 10.9 Å². The number of anilines is 1. The molecule has 1 fully saturated rings. The molecule has 0 unspecified atom stereocenters. The Morgan fingerprint density at radius 2 is 1.93 bits per heavy atom. The number of ketones is 1. The summed E-state index contributed by atoms with van der Waals surface area (Å²) in [6, 6.07) is 9.53. The number of carbonyl (C=O) groups is 2. The number of rotatable bonds is 4. The number of Topliss-reactive ketones (excluding diaryl/α,β-unsaturated/α-hetero) is 1. The number of alkyl halides is 3. The Morgan fingerprint density at radius 1 is 1.22 bits per heavy atom. The van der Waals surface area contributed by atoms with Gasteiger partial charge in [0.1, 0.15) is 6.61 Å². The highest BCUT2D eigenvalue weighted by molar-refractivity contribution is 6.03. The van der Waals surface area contributed by atoms with E-state index in [0.29, 0.717) is 18.4 Å². The number of nitriles is 1. The maximum atomic E-state index is 12.6. The number of amides is 1. The number of carbonyl (C=O) groups excluding carboxylic acids is 2. The average Bonchev–Trinajstić information content (AvgIpc) is 3.08. The van der Waals surface area contributed by atoms with Gasteiger partial charge in [0.2, 0.25) is 0 Å². The van der Waals surface area contributed by atoms with Crippen LogP contribution in [0.25, 0.3) is 0 Å². The van der Waals surface area contributed by atoms with Crippen LogP contribution in [0, 0.1) is 11.3 Å². The lowest BCUT2D eigenvalue weighted by Crippen LogP contribution is -2.23. The van der Waals surface area contributed by atoms with Crippen molar-refractivity contribution >= 4 is 17.6 Å². The monoisotopic (exact) mass is 375 g/mol. The lowest BCUT2D eigenvalue weighted by molar-refractivity contribution is -0.137. The van der Waals surface area contributed by atoms with Crippen molar-refractivity contribution in [1.82, 2.24) is 4.98 Å². The molecular formula is C18H12F3N3O3. The van der Waals surface area contributed by atoms with Gasteiger partial charge in [-0.25, -0.2) is 4.79 Å². The van der Waals surface area contributed by atoms with Crippen molar-refractivity contribution in [2.75, 3.05) is 18.1 Å².